The Labute approximate surface area is 183 Å². The molecule has 7 heteroatoms. The number of aromatic nitrogens is 3. The number of H-pyrrole nitrogens is 1. The molecular formula is C23H21BrN4O2. The lowest BCUT2D eigenvalue weighted by atomic mass is 10.1. The number of aryl methyl sites for hydroxylation is 1. The molecule has 4 aromatic rings. The van der Waals surface area contributed by atoms with Gasteiger partial charge in [-0.05, 0) is 48.9 Å². The van der Waals surface area contributed by atoms with Crippen LogP contribution in [0.2, 0.25) is 0 Å². The van der Waals surface area contributed by atoms with E-state index in [4.69, 9.17) is 14.5 Å². The van der Waals surface area contributed by atoms with Crippen LogP contribution in [0.1, 0.15) is 5.56 Å². The highest BCUT2D eigenvalue weighted by Gasteiger charge is 2.32. The van der Waals surface area contributed by atoms with Crippen molar-refractivity contribution < 1.29 is 9.47 Å². The summed E-state index contributed by atoms with van der Waals surface area (Å²) in [5.74, 6) is 2.45. The predicted molar refractivity (Wildman–Crippen MR) is 122 cm³/mol. The zero-order valence-electron chi connectivity index (χ0n) is 16.7. The lowest BCUT2D eigenvalue weighted by molar-refractivity contribution is 0.146. The normalized spacial score (nSPS) is 15.8. The number of aromatic amines is 1. The van der Waals surface area contributed by atoms with E-state index in [9.17, 15) is 0 Å². The van der Waals surface area contributed by atoms with Crippen molar-refractivity contribution >= 4 is 38.5 Å². The summed E-state index contributed by atoms with van der Waals surface area (Å²) in [5, 5.41) is 0. The van der Waals surface area contributed by atoms with Gasteiger partial charge in [-0.2, -0.15) is 0 Å². The smallest absolute Gasteiger partial charge is 0.154 e. The Morgan fingerprint density at radius 1 is 1.23 bits per heavy atom. The number of hydrogen-bond acceptors (Lipinski definition) is 5. The third-order valence-electron chi connectivity index (χ3n) is 5.24. The Morgan fingerprint density at radius 2 is 2.13 bits per heavy atom. The molecule has 2 aromatic carbocycles. The summed E-state index contributed by atoms with van der Waals surface area (Å²) in [7, 11) is 1.71. The number of imidazole rings is 1. The van der Waals surface area contributed by atoms with Gasteiger partial charge in [0.15, 0.2) is 5.75 Å². The van der Waals surface area contributed by atoms with Gasteiger partial charge in [0.05, 0.1) is 34.9 Å². The number of benzene rings is 2. The summed E-state index contributed by atoms with van der Waals surface area (Å²) in [6.45, 7) is 3.08. The standard InChI is InChI=1S/C23H21BrN4O2/c1-14-6-9-21(25-11-14)28-16(12-29-2)13-30-22-17(4-3-5-20(22)28)23-26-18-8-7-15(24)10-19(18)27-23/h3-11,16H,12-13H2,1-2H3,(H,26,27)/t16-/m0/s1. The number of fused-ring (bicyclic) bond motifs is 2. The fourth-order valence-corrected chi connectivity index (χ4v) is 4.20. The maximum absolute atomic E-state index is 6.25. The Kier molecular flexibility index (Phi) is 4.92. The largest absolute Gasteiger partial charge is 0.488 e. The van der Waals surface area contributed by atoms with Gasteiger partial charge in [0.25, 0.3) is 0 Å². The van der Waals surface area contributed by atoms with Gasteiger partial charge in [-0.1, -0.05) is 28.1 Å². The highest BCUT2D eigenvalue weighted by Crippen LogP contribution is 2.44. The van der Waals surface area contributed by atoms with Crippen molar-refractivity contribution in [3.05, 3.63) is 64.8 Å². The molecule has 1 aliphatic heterocycles. The average Bonchev–Trinajstić information content (AvgIpc) is 3.17. The minimum absolute atomic E-state index is 0.0274. The Hall–Kier alpha value is -2.90. The zero-order valence-corrected chi connectivity index (χ0v) is 18.3. The molecule has 1 aliphatic rings. The number of halogens is 1. The van der Waals surface area contributed by atoms with E-state index in [1.54, 1.807) is 7.11 Å². The molecule has 0 unspecified atom stereocenters. The predicted octanol–water partition coefficient (Wildman–Crippen LogP) is 5.24. The quantitative estimate of drug-likeness (QED) is 0.447. The van der Waals surface area contributed by atoms with E-state index < -0.39 is 0 Å². The minimum atomic E-state index is 0.0274. The molecular weight excluding hydrogens is 444 g/mol. The summed E-state index contributed by atoms with van der Waals surface area (Å²) in [6, 6.07) is 16.3. The first kappa shape index (κ1) is 19.1. The second-order valence-corrected chi connectivity index (χ2v) is 8.30. The fraction of sp³-hybridized carbons (Fsp3) is 0.217. The molecule has 5 rings (SSSR count). The van der Waals surface area contributed by atoms with E-state index in [0.29, 0.717) is 13.2 Å². The van der Waals surface area contributed by atoms with Gasteiger partial charge < -0.3 is 19.4 Å². The van der Waals surface area contributed by atoms with Crippen LogP contribution in [-0.4, -0.2) is 41.3 Å². The molecule has 0 spiro atoms. The van der Waals surface area contributed by atoms with Crippen molar-refractivity contribution in [1.29, 1.82) is 0 Å². The monoisotopic (exact) mass is 464 g/mol. The van der Waals surface area contributed by atoms with Gasteiger partial charge in [0, 0.05) is 17.8 Å². The topological polar surface area (TPSA) is 63.3 Å². The number of hydrogen-bond donors (Lipinski definition) is 1. The van der Waals surface area contributed by atoms with E-state index in [2.05, 4.69) is 42.9 Å². The first-order chi connectivity index (χ1) is 14.6. The van der Waals surface area contributed by atoms with Crippen LogP contribution in [0, 0.1) is 6.92 Å². The molecule has 0 radical (unpaired) electrons. The van der Waals surface area contributed by atoms with Gasteiger partial charge in [0.1, 0.15) is 18.2 Å². The van der Waals surface area contributed by atoms with Gasteiger partial charge in [-0.3, -0.25) is 0 Å². The van der Waals surface area contributed by atoms with Crippen LogP contribution in [0.4, 0.5) is 11.5 Å². The van der Waals surface area contributed by atoms with Crippen molar-refractivity contribution in [3.8, 4) is 17.1 Å². The van der Waals surface area contributed by atoms with Gasteiger partial charge in [0.2, 0.25) is 0 Å². The van der Waals surface area contributed by atoms with Crippen molar-refractivity contribution in [2.24, 2.45) is 0 Å². The van der Waals surface area contributed by atoms with E-state index >= 15 is 0 Å². The number of nitrogens with zero attached hydrogens (tertiary/aromatic N) is 3. The first-order valence-corrected chi connectivity index (χ1v) is 10.6. The third-order valence-corrected chi connectivity index (χ3v) is 5.73. The number of nitrogens with one attached hydrogen (secondary N) is 1. The molecule has 3 heterocycles. The second kappa shape index (κ2) is 7.74. The molecule has 0 saturated heterocycles. The highest BCUT2D eigenvalue weighted by molar-refractivity contribution is 9.10. The number of methoxy groups -OCH3 is 1. The summed E-state index contributed by atoms with van der Waals surface area (Å²) in [6.07, 6.45) is 1.88. The minimum Gasteiger partial charge on any atom is -0.488 e. The molecule has 152 valence electrons. The van der Waals surface area contributed by atoms with Crippen LogP contribution >= 0.6 is 15.9 Å². The SMILES string of the molecule is COC[C@H]1COc2c(-c3nc4ccc(Br)cc4[nH]3)cccc2N1c1ccc(C)cn1. The lowest BCUT2D eigenvalue weighted by Gasteiger charge is -2.38. The first-order valence-electron chi connectivity index (χ1n) is 9.76. The fourth-order valence-electron chi connectivity index (χ4n) is 3.84. The zero-order chi connectivity index (χ0) is 20.7. The molecule has 0 saturated carbocycles. The van der Waals surface area contributed by atoms with Crippen molar-refractivity contribution in [2.45, 2.75) is 13.0 Å². The molecule has 0 fully saturated rings. The Bertz CT molecular complexity index is 1210. The molecule has 0 amide bonds. The summed E-state index contributed by atoms with van der Waals surface area (Å²) >= 11 is 3.52. The molecule has 2 aromatic heterocycles. The maximum atomic E-state index is 6.25. The maximum Gasteiger partial charge on any atom is 0.154 e. The molecule has 30 heavy (non-hydrogen) atoms. The Morgan fingerprint density at radius 3 is 2.93 bits per heavy atom. The molecule has 1 atom stereocenters. The third kappa shape index (κ3) is 3.34. The van der Waals surface area contributed by atoms with Crippen molar-refractivity contribution in [3.63, 3.8) is 0 Å². The Balaban J connectivity index is 1.64. The average molecular weight is 465 g/mol. The molecule has 6 nitrogen and oxygen atoms in total. The van der Waals surface area contributed by atoms with E-state index in [0.717, 1.165) is 49.7 Å². The van der Waals surface area contributed by atoms with Crippen LogP contribution in [-0.2, 0) is 4.74 Å². The number of pyridine rings is 1. The van der Waals surface area contributed by atoms with E-state index in [-0.39, 0.29) is 6.04 Å². The molecule has 0 bridgehead atoms. The van der Waals surface area contributed by atoms with Gasteiger partial charge in [-0.15, -0.1) is 0 Å². The number of ether oxygens (including phenoxy) is 2. The number of rotatable bonds is 4. The van der Waals surface area contributed by atoms with Crippen LogP contribution in [0.15, 0.2) is 59.2 Å². The van der Waals surface area contributed by atoms with Crippen LogP contribution in [0.5, 0.6) is 5.75 Å². The highest BCUT2D eigenvalue weighted by atomic mass is 79.9. The summed E-state index contributed by atoms with van der Waals surface area (Å²) < 4.78 is 12.7. The number of para-hydroxylation sites is 1. The molecule has 1 N–H and O–H groups in total. The van der Waals surface area contributed by atoms with Crippen LogP contribution < -0.4 is 9.64 Å². The van der Waals surface area contributed by atoms with Crippen LogP contribution in [0.25, 0.3) is 22.4 Å². The lowest BCUT2D eigenvalue weighted by Crippen LogP contribution is -2.43. The van der Waals surface area contributed by atoms with E-state index in [1.165, 1.54) is 0 Å². The summed E-state index contributed by atoms with van der Waals surface area (Å²) in [5.41, 5.74) is 4.89. The van der Waals surface area contributed by atoms with E-state index in [1.807, 2.05) is 49.5 Å². The van der Waals surface area contributed by atoms with Gasteiger partial charge in [-0.25, -0.2) is 9.97 Å². The van der Waals surface area contributed by atoms with Gasteiger partial charge >= 0.3 is 0 Å². The van der Waals surface area contributed by atoms with Crippen molar-refractivity contribution in [2.75, 3.05) is 25.2 Å². The van der Waals surface area contributed by atoms with Crippen LogP contribution in [0.3, 0.4) is 0 Å². The summed E-state index contributed by atoms with van der Waals surface area (Å²) in [4.78, 5) is 15.1. The molecule has 0 aliphatic carbocycles. The van der Waals surface area contributed by atoms with Crippen molar-refractivity contribution in [1.82, 2.24) is 15.0 Å². The second-order valence-electron chi connectivity index (χ2n) is 7.38. The number of anilines is 2.